The van der Waals surface area contributed by atoms with E-state index < -0.39 is 10.0 Å². The first-order chi connectivity index (χ1) is 8.70. The van der Waals surface area contributed by atoms with Gasteiger partial charge in [-0.1, -0.05) is 26.0 Å². The Balaban J connectivity index is 2.70. The van der Waals surface area contributed by atoms with Crippen molar-refractivity contribution in [1.29, 1.82) is 0 Å². The maximum Gasteiger partial charge on any atom is 0.238 e. The molecule has 0 saturated heterocycles. The Bertz CT molecular complexity index is 495. The standard InChI is InChI=1S/C14H24N2O2S/c1-10(2)9-11(3)16-12(4)13-5-7-14(8-6-13)19(15,17)18/h5-8,10-12,16H,9H2,1-4H3,(H2,15,17,18). The lowest BCUT2D eigenvalue weighted by atomic mass is 10.0. The van der Waals surface area contributed by atoms with Gasteiger partial charge in [-0.05, 0) is 43.9 Å². The van der Waals surface area contributed by atoms with Crippen LogP contribution < -0.4 is 10.5 Å². The Labute approximate surface area is 116 Å². The monoisotopic (exact) mass is 284 g/mol. The van der Waals surface area contributed by atoms with Crippen molar-refractivity contribution in [2.75, 3.05) is 0 Å². The minimum atomic E-state index is -3.60. The summed E-state index contributed by atoms with van der Waals surface area (Å²) in [5, 5.41) is 8.58. The van der Waals surface area contributed by atoms with Gasteiger partial charge in [-0.3, -0.25) is 0 Å². The highest BCUT2D eigenvalue weighted by Gasteiger charge is 2.12. The second kappa shape index (κ2) is 6.50. The molecular formula is C14H24N2O2S. The molecule has 0 fully saturated rings. The van der Waals surface area contributed by atoms with Gasteiger partial charge in [0, 0.05) is 12.1 Å². The summed E-state index contributed by atoms with van der Waals surface area (Å²) in [7, 11) is -3.60. The van der Waals surface area contributed by atoms with Gasteiger partial charge < -0.3 is 5.32 Å². The Morgan fingerprint density at radius 1 is 1.11 bits per heavy atom. The van der Waals surface area contributed by atoms with Crippen molar-refractivity contribution >= 4 is 10.0 Å². The summed E-state index contributed by atoms with van der Waals surface area (Å²) in [6.07, 6.45) is 1.11. The van der Waals surface area contributed by atoms with Crippen molar-refractivity contribution in [3.63, 3.8) is 0 Å². The molecule has 1 rings (SSSR count). The summed E-state index contributed by atoms with van der Waals surface area (Å²) < 4.78 is 22.4. The highest BCUT2D eigenvalue weighted by Crippen LogP contribution is 2.17. The number of hydrogen-bond acceptors (Lipinski definition) is 3. The summed E-state index contributed by atoms with van der Waals surface area (Å²) in [5.74, 6) is 0.652. The van der Waals surface area contributed by atoms with Crippen molar-refractivity contribution in [3.8, 4) is 0 Å². The minimum absolute atomic E-state index is 0.152. The Morgan fingerprint density at radius 2 is 1.63 bits per heavy atom. The third-order valence-corrected chi connectivity index (χ3v) is 4.00. The van der Waals surface area contributed by atoms with Gasteiger partial charge in [-0.2, -0.15) is 0 Å². The summed E-state index contributed by atoms with van der Waals surface area (Å²) in [5.41, 5.74) is 1.06. The Hall–Kier alpha value is -0.910. The van der Waals surface area contributed by atoms with E-state index in [1.54, 1.807) is 24.3 Å². The molecule has 3 N–H and O–H groups in total. The van der Waals surface area contributed by atoms with E-state index in [0.717, 1.165) is 12.0 Å². The van der Waals surface area contributed by atoms with Crippen LogP contribution in [0.2, 0.25) is 0 Å². The van der Waals surface area contributed by atoms with E-state index in [4.69, 9.17) is 5.14 Å². The first kappa shape index (κ1) is 16.1. The van der Waals surface area contributed by atoms with Gasteiger partial charge in [0.15, 0.2) is 0 Å². The van der Waals surface area contributed by atoms with Gasteiger partial charge in [-0.15, -0.1) is 0 Å². The fourth-order valence-electron chi connectivity index (χ4n) is 2.24. The highest BCUT2D eigenvalue weighted by atomic mass is 32.2. The van der Waals surface area contributed by atoms with Crippen LogP contribution >= 0.6 is 0 Å². The number of benzene rings is 1. The van der Waals surface area contributed by atoms with Crippen molar-refractivity contribution in [2.45, 2.75) is 51.1 Å². The molecule has 0 heterocycles. The molecule has 0 saturated carbocycles. The van der Waals surface area contributed by atoms with Crippen LogP contribution in [-0.4, -0.2) is 14.5 Å². The average Bonchev–Trinajstić information content (AvgIpc) is 2.26. The van der Waals surface area contributed by atoms with Gasteiger partial charge in [0.25, 0.3) is 0 Å². The lowest BCUT2D eigenvalue weighted by Gasteiger charge is -2.22. The molecule has 0 aliphatic rings. The zero-order valence-electron chi connectivity index (χ0n) is 12.1. The lowest BCUT2D eigenvalue weighted by molar-refractivity contribution is 0.407. The van der Waals surface area contributed by atoms with E-state index >= 15 is 0 Å². The van der Waals surface area contributed by atoms with E-state index in [2.05, 4.69) is 33.0 Å². The number of rotatable bonds is 6. The van der Waals surface area contributed by atoms with Crippen molar-refractivity contribution in [3.05, 3.63) is 29.8 Å². The third-order valence-electron chi connectivity index (χ3n) is 3.07. The molecule has 0 aliphatic carbocycles. The second-order valence-corrected chi connectivity index (χ2v) is 7.09. The molecule has 19 heavy (non-hydrogen) atoms. The van der Waals surface area contributed by atoms with Crippen molar-refractivity contribution < 1.29 is 8.42 Å². The van der Waals surface area contributed by atoms with Crippen LogP contribution in [0.25, 0.3) is 0 Å². The first-order valence-corrected chi connectivity index (χ1v) is 8.13. The normalized spacial score (nSPS) is 15.5. The molecule has 1 aromatic rings. The summed E-state index contributed by atoms with van der Waals surface area (Å²) >= 11 is 0. The van der Waals surface area contributed by atoms with E-state index in [-0.39, 0.29) is 10.9 Å². The number of nitrogens with two attached hydrogens (primary N) is 1. The zero-order valence-corrected chi connectivity index (χ0v) is 12.9. The molecule has 0 radical (unpaired) electrons. The van der Waals surface area contributed by atoms with Crippen LogP contribution in [0.1, 0.15) is 45.7 Å². The van der Waals surface area contributed by atoms with Crippen LogP contribution in [0, 0.1) is 5.92 Å². The van der Waals surface area contributed by atoms with E-state index in [1.807, 2.05) is 0 Å². The summed E-state index contributed by atoms with van der Waals surface area (Å²) in [6, 6.07) is 7.32. The molecule has 0 spiro atoms. The maximum atomic E-state index is 11.2. The van der Waals surface area contributed by atoms with Crippen LogP contribution in [0.3, 0.4) is 0 Å². The highest BCUT2D eigenvalue weighted by molar-refractivity contribution is 7.89. The summed E-state index contributed by atoms with van der Waals surface area (Å²) in [6.45, 7) is 8.63. The molecule has 0 bridgehead atoms. The molecule has 0 aliphatic heterocycles. The van der Waals surface area contributed by atoms with Crippen LogP contribution in [0.15, 0.2) is 29.2 Å². The number of sulfonamides is 1. The molecule has 0 aromatic heterocycles. The largest absolute Gasteiger partial charge is 0.308 e. The maximum absolute atomic E-state index is 11.2. The Kier molecular flexibility index (Phi) is 5.52. The molecule has 4 nitrogen and oxygen atoms in total. The fourth-order valence-corrected chi connectivity index (χ4v) is 2.76. The minimum Gasteiger partial charge on any atom is -0.308 e. The molecule has 2 unspecified atom stereocenters. The van der Waals surface area contributed by atoms with Gasteiger partial charge >= 0.3 is 0 Å². The van der Waals surface area contributed by atoms with Crippen LogP contribution in [0.4, 0.5) is 0 Å². The fraction of sp³-hybridized carbons (Fsp3) is 0.571. The number of primary sulfonamides is 1. The smallest absolute Gasteiger partial charge is 0.238 e. The third kappa shape index (κ3) is 5.30. The molecule has 2 atom stereocenters. The predicted octanol–water partition coefficient (Wildman–Crippen LogP) is 2.42. The van der Waals surface area contributed by atoms with Crippen molar-refractivity contribution in [2.24, 2.45) is 11.1 Å². The van der Waals surface area contributed by atoms with Crippen molar-refractivity contribution in [1.82, 2.24) is 5.32 Å². The number of hydrogen-bond donors (Lipinski definition) is 2. The van der Waals surface area contributed by atoms with E-state index in [0.29, 0.717) is 12.0 Å². The summed E-state index contributed by atoms with van der Waals surface area (Å²) in [4.78, 5) is 0.152. The molecule has 0 amide bonds. The zero-order chi connectivity index (χ0) is 14.6. The van der Waals surface area contributed by atoms with Gasteiger partial charge in [0.05, 0.1) is 4.90 Å². The van der Waals surface area contributed by atoms with Crippen LogP contribution in [0.5, 0.6) is 0 Å². The molecular weight excluding hydrogens is 260 g/mol. The topological polar surface area (TPSA) is 72.2 Å². The van der Waals surface area contributed by atoms with Crippen LogP contribution in [-0.2, 0) is 10.0 Å². The second-order valence-electron chi connectivity index (χ2n) is 5.53. The number of nitrogens with one attached hydrogen (secondary N) is 1. The molecule has 5 heteroatoms. The predicted molar refractivity (Wildman–Crippen MR) is 78.3 cm³/mol. The van der Waals surface area contributed by atoms with E-state index in [9.17, 15) is 8.42 Å². The van der Waals surface area contributed by atoms with Gasteiger partial charge in [-0.25, -0.2) is 13.6 Å². The SMILES string of the molecule is CC(C)CC(C)NC(C)c1ccc(S(N)(=O)=O)cc1. The average molecular weight is 284 g/mol. The Morgan fingerprint density at radius 3 is 2.05 bits per heavy atom. The van der Waals surface area contributed by atoms with E-state index in [1.165, 1.54) is 0 Å². The quantitative estimate of drug-likeness (QED) is 0.842. The molecule has 1 aromatic carbocycles. The van der Waals surface area contributed by atoms with Gasteiger partial charge in [0.2, 0.25) is 10.0 Å². The first-order valence-electron chi connectivity index (χ1n) is 6.59. The molecule has 108 valence electrons. The lowest BCUT2D eigenvalue weighted by Crippen LogP contribution is -2.30. The van der Waals surface area contributed by atoms with Gasteiger partial charge in [0.1, 0.15) is 0 Å².